The minimum Gasteiger partial charge on any atom is -0.459 e. The maximum absolute atomic E-state index is 12.3. The van der Waals surface area contributed by atoms with Gasteiger partial charge in [0.2, 0.25) is 5.91 Å². The van der Waals surface area contributed by atoms with Gasteiger partial charge in [0.25, 0.3) is 5.91 Å². The van der Waals surface area contributed by atoms with Crippen molar-refractivity contribution in [2.24, 2.45) is 5.92 Å². The van der Waals surface area contributed by atoms with E-state index in [2.05, 4.69) is 22.0 Å². The Balaban J connectivity index is 1.90. The fourth-order valence-corrected chi connectivity index (χ4v) is 2.30. The molecular formula is C16H23N3O3. The van der Waals surface area contributed by atoms with Gasteiger partial charge in [0.05, 0.1) is 6.26 Å². The van der Waals surface area contributed by atoms with E-state index in [4.69, 9.17) is 4.42 Å². The lowest BCUT2D eigenvalue weighted by molar-refractivity contribution is -0.123. The zero-order valence-corrected chi connectivity index (χ0v) is 13.0. The first-order valence-electron chi connectivity index (χ1n) is 7.58. The number of carbonyl (C=O) groups excluding carboxylic acids is 2. The molecule has 0 saturated heterocycles. The van der Waals surface area contributed by atoms with Crippen molar-refractivity contribution >= 4 is 11.8 Å². The molecule has 1 unspecified atom stereocenters. The van der Waals surface area contributed by atoms with Crippen molar-refractivity contribution in [3.63, 3.8) is 0 Å². The molecule has 0 radical (unpaired) electrons. The van der Waals surface area contributed by atoms with E-state index in [0.717, 1.165) is 19.5 Å². The molecule has 0 aliphatic carbocycles. The standard InChI is InChI=1S/C16H23N3O3/c1-11(2)14(19-15(20)13-4-3-9-22-13)16(21)18-10-12-5-7-17-8-6-12/h3-5,9,11,14,17H,6-8,10H2,1-2H3,(H,18,21)(H,19,20). The number of hydrogen-bond donors (Lipinski definition) is 3. The number of nitrogens with one attached hydrogen (secondary N) is 3. The number of carbonyl (C=O) groups is 2. The van der Waals surface area contributed by atoms with Gasteiger partial charge in [0.1, 0.15) is 6.04 Å². The van der Waals surface area contributed by atoms with Crippen LogP contribution < -0.4 is 16.0 Å². The molecule has 3 N–H and O–H groups in total. The molecule has 6 nitrogen and oxygen atoms in total. The van der Waals surface area contributed by atoms with Crippen LogP contribution in [0.5, 0.6) is 0 Å². The molecule has 1 aromatic rings. The summed E-state index contributed by atoms with van der Waals surface area (Å²) < 4.78 is 5.05. The highest BCUT2D eigenvalue weighted by Gasteiger charge is 2.25. The minimum absolute atomic E-state index is 0.0130. The number of rotatable bonds is 6. The molecule has 0 saturated carbocycles. The second-order valence-electron chi connectivity index (χ2n) is 5.71. The summed E-state index contributed by atoms with van der Waals surface area (Å²) in [4.78, 5) is 24.4. The molecule has 22 heavy (non-hydrogen) atoms. The third kappa shape index (κ3) is 4.46. The summed E-state index contributed by atoms with van der Waals surface area (Å²) in [5, 5.41) is 8.86. The van der Waals surface area contributed by atoms with Crippen molar-refractivity contribution in [1.82, 2.24) is 16.0 Å². The van der Waals surface area contributed by atoms with E-state index in [9.17, 15) is 9.59 Å². The molecule has 0 aromatic carbocycles. The molecule has 1 aliphatic rings. The van der Waals surface area contributed by atoms with Gasteiger partial charge in [-0.25, -0.2) is 0 Å². The quantitative estimate of drug-likeness (QED) is 0.687. The van der Waals surface area contributed by atoms with Crippen LogP contribution in [0, 0.1) is 5.92 Å². The Morgan fingerprint density at radius 3 is 2.82 bits per heavy atom. The number of furan rings is 1. The second kappa shape index (κ2) is 7.79. The molecule has 0 spiro atoms. The van der Waals surface area contributed by atoms with Crippen LogP contribution in [-0.2, 0) is 4.79 Å². The third-order valence-corrected chi connectivity index (χ3v) is 3.63. The van der Waals surface area contributed by atoms with E-state index < -0.39 is 6.04 Å². The van der Waals surface area contributed by atoms with Gasteiger partial charge in [0, 0.05) is 13.1 Å². The molecule has 2 rings (SSSR count). The maximum atomic E-state index is 12.3. The Morgan fingerprint density at radius 1 is 1.41 bits per heavy atom. The lowest BCUT2D eigenvalue weighted by Gasteiger charge is -2.22. The fourth-order valence-electron chi connectivity index (χ4n) is 2.30. The summed E-state index contributed by atoms with van der Waals surface area (Å²) >= 11 is 0. The summed E-state index contributed by atoms with van der Waals surface area (Å²) in [5.74, 6) is -0.352. The van der Waals surface area contributed by atoms with Crippen molar-refractivity contribution < 1.29 is 14.0 Å². The minimum atomic E-state index is -0.583. The summed E-state index contributed by atoms with van der Waals surface area (Å²) in [7, 11) is 0. The molecule has 6 heteroatoms. The molecule has 2 heterocycles. The van der Waals surface area contributed by atoms with Crippen LogP contribution >= 0.6 is 0 Å². The maximum Gasteiger partial charge on any atom is 0.287 e. The molecule has 120 valence electrons. The average Bonchev–Trinajstić information content (AvgIpc) is 3.05. The van der Waals surface area contributed by atoms with Gasteiger partial charge >= 0.3 is 0 Å². The molecular weight excluding hydrogens is 282 g/mol. The molecule has 0 bridgehead atoms. The average molecular weight is 305 g/mol. The van der Waals surface area contributed by atoms with Crippen LogP contribution in [0.1, 0.15) is 30.8 Å². The van der Waals surface area contributed by atoms with Gasteiger partial charge in [-0.3, -0.25) is 9.59 Å². The lowest BCUT2D eigenvalue weighted by Crippen LogP contribution is -2.50. The van der Waals surface area contributed by atoms with Crippen molar-refractivity contribution in [2.75, 3.05) is 19.6 Å². The molecule has 1 aromatic heterocycles. The zero-order chi connectivity index (χ0) is 15.9. The Kier molecular flexibility index (Phi) is 5.77. The first-order valence-corrected chi connectivity index (χ1v) is 7.58. The highest BCUT2D eigenvalue weighted by Crippen LogP contribution is 2.07. The first-order chi connectivity index (χ1) is 10.6. The van der Waals surface area contributed by atoms with Gasteiger partial charge in [0.15, 0.2) is 5.76 Å². The Labute approximate surface area is 130 Å². The van der Waals surface area contributed by atoms with Gasteiger partial charge in [-0.1, -0.05) is 25.5 Å². The summed E-state index contributed by atoms with van der Waals surface area (Å²) in [6, 6.07) is 2.63. The largest absolute Gasteiger partial charge is 0.459 e. The highest BCUT2D eigenvalue weighted by atomic mass is 16.3. The van der Waals surface area contributed by atoms with Crippen LogP contribution in [0.3, 0.4) is 0 Å². The van der Waals surface area contributed by atoms with Crippen LogP contribution in [0.25, 0.3) is 0 Å². The fraction of sp³-hybridized carbons (Fsp3) is 0.500. The van der Waals surface area contributed by atoms with Crippen LogP contribution in [-0.4, -0.2) is 37.5 Å². The summed E-state index contributed by atoms with van der Waals surface area (Å²) in [6.45, 7) is 6.10. The van der Waals surface area contributed by atoms with Gasteiger partial charge in [-0.15, -0.1) is 0 Å². The Hall–Kier alpha value is -2.08. The summed E-state index contributed by atoms with van der Waals surface area (Å²) in [6.07, 6.45) is 4.46. The van der Waals surface area contributed by atoms with E-state index in [1.807, 2.05) is 13.8 Å². The Bertz CT molecular complexity index is 535. The van der Waals surface area contributed by atoms with Crippen molar-refractivity contribution in [3.05, 3.63) is 35.8 Å². The Morgan fingerprint density at radius 2 is 2.23 bits per heavy atom. The summed E-state index contributed by atoms with van der Waals surface area (Å²) in [5.41, 5.74) is 1.21. The van der Waals surface area contributed by atoms with Gasteiger partial charge in [-0.05, 0) is 31.0 Å². The van der Waals surface area contributed by atoms with E-state index in [0.29, 0.717) is 6.54 Å². The van der Waals surface area contributed by atoms with Gasteiger partial charge < -0.3 is 20.4 Å². The normalized spacial score (nSPS) is 16.0. The topological polar surface area (TPSA) is 83.4 Å². The SMILES string of the molecule is CC(C)C(NC(=O)c1ccco1)C(=O)NCC1=CCNCC1. The predicted molar refractivity (Wildman–Crippen MR) is 83.4 cm³/mol. The first kappa shape index (κ1) is 16.3. The van der Waals surface area contributed by atoms with Crippen LogP contribution in [0.15, 0.2) is 34.5 Å². The highest BCUT2D eigenvalue weighted by molar-refractivity contribution is 5.95. The molecule has 2 amide bonds. The zero-order valence-electron chi connectivity index (χ0n) is 13.0. The van der Waals surface area contributed by atoms with E-state index in [1.165, 1.54) is 11.8 Å². The van der Waals surface area contributed by atoms with E-state index in [-0.39, 0.29) is 23.5 Å². The van der Waals surface area contributed by atoms with Crippen LogP contribution in [0.4, 0.5) is 0 Å². The monoisotopic (exact) mass is 305 g/mol. The third-order valence-electron chi connectivity index (χ3n) is 3.63. The molecule has 1 aliphatic heterocycles. The van der Waals surface area contributed by atoms with E-state index in [1.54, 1.807) is 12.1 Å². The van der Waals surface area contributed by atoms with Crippen LogP contribution in [0.2, 0.25) is 0 Å². The molecule has 1 atom stereocenters. The van der Waals surface area contributed by atoms with E-state index >= 15 is 0 Å². The second-order valence-corrected chi connectivity index (χ2v) is 5.71. The van der Waals surface area contributed by atoms with Gasteiger partial charge in [-0.2, -0.15) is 0 Å². The number of amides is 2. The molecule has 0 fully saturated rings. The smallest absolute Gasteiger partial charge is 0.287 e. The lowest BCUT2D eigenvalue weighted by atomic mass is 10.0. The van der Waals surface area contributed by atoms with Crippen molar-refractivity contribution in [3.8, 4) is 0 Å². The predicted octanol–water partition coefficient (Wildman–Crippen LogP) is 1.07. The number of hydrogen-bond acceptors (Lipinski definition) is 4. The van der Waals surface area contributed by atoms with Crippen molar-refractivity contribution in [1.29, 1.82) is 0 Å². The van der Waals surface area contributed by atoms with Crippen molar-refractivity contribution in [2.45, 2.75) is 26.3 Å².